The van der Waals surface area contributed by atoms with Crippen LogP contribution in [0, 0.1) is 17.3 Å². The van der Waals surface area contributed by atoms with E-state index in [9.17, 15) is 0 Å². The molecule has 2 aromatic rings. The summed E-state index contributed by atoms with van der Waals surface area (Å²) in [5, 5.41) is 0. The van der Waals surface area contributed by atoms with E-state index < -0.39 is 0 Å². The number of hydrogen-bond donors (Lipinski definition) is 0. The van der Waals surface area contributed by atoms with Crippen molar-refractivity contribution >= 4 is 0 Å². The molecule has 2 heteroatoms. The molecule has 0 aromatic heterocycles. The van der Waals surface area contributed by atoms with Gasteiger partial charge in [-0.2, -0.15) is 0 Å². The Morgan fingerprint density at radius 3 is 2.47 bits per heavy atom. The second-order valence-corrected chi connectivity index (χ2v) is 8.91. The zero-order chi connectivity index (χ0) is 21.7. The fourth-order valence-electron chi connectivity index (χ4n) is 3.10. The molecule has 2 nitrogen and oxygen atoms in total. The predicted molar refractivity (Wildman–Crippen MR) is 129 cm³/mol. The molecule has 0 unspecified atom stereocenters. The van der Waals surface area contributed by atoms with Gasteiger partial charge in [-0.1, -0.05) is 60.4 Å². The summed E-state index contributed by atoms with van der Waals surface area (Å²) in [5.74, 6) is 7.31. The van der Waals surface area contributed by atoms with Gasteiger partial charge in [0.15, 0.2) is 0 Å². The first-order valence-corrected chi connectivity index (χ1v) is 11.0. The monoisotopic (exact) mass is 403 g/mol. The molecular formula is C28H37NO. The minimum Gasteiger partial charge on any atom is -0.494 e. The Labute approximate surface area is 184 Å². The number of ether oxygens (including phenoxy) is 1. The first-order chi connectivity index (χ1) is 14.4. The summed E-state index contributed by atoms with van der Waals surface area (Å²) in [6.07, 6.45) is 8.73. The Morgan fingerprint density at radius 1 is 0.933 bits per heavy atom. The summed E-state index contributed by atoms with van der Waals surface area (Å²) in [7, 11) is 2.13. The van der Waals surface area contributed by atoms with Crippen LogP contribution in [0.5, 0.6) is 5.75 Å². The summed E-state index contributed by atoms with van der Waals surface area (Å²) in [6, 6.07) is 19.1. The average Bonchev–Trinajstić information content (AvgIpc) is 2.70. The van der Waals surface area contributed by atoms with Gasteiger partial charge in [0, 0.05) is 18.5 Å². The Bertz CT molecular complexity index is 821. The first-order valence-electron chi connectivity index (χ1n) is 11.0. The van der Waals surface area contributed by atoms with Crippen molar-refractivity contribution in [3.05, 3.63) is 77.9 Å². The van der Waals surface area contributed by atoms with E-state index >= 15 is 0 Å². The average molecular weight is 404 g/mol. The van der Waals surface area contributed by atoms with Crippen molar-refractivity contribution in [1.82, 2.24) is 4.90 Å². The van der Waals surface area contributed by atoms with E-state index in [1.54, 1.807) is 0 Å². The third kappa shape index (κ3) is 10.9. The Kier molecular flexibility index (Phi) is 10.3. The highest BCUT2D eigenvalue weighted by atomic mass is 16.5. The predicted octanol–water partition coefficient (Wildman–Crippen LogP) is 6.52. The van der Waals surface area contributed by atoms with Crippen LogP contribution in [0.1, 0.15) is 51.2 Å². The fourth-order valence-corrected chi connectivity index (χ4v) is 3.10. The van der Waals surface area contributed by atoms with E-state index in [1.807, 2.05) is 6.08 Å². The van der Waals surface area contributed by atoms with Crippen molar-refractivity contribution in [1.29, 1.82) is 0 Å². The molecular weight excluding hydrogens is 366 g/mol. The van der Waals surface area contributed by atoms with Crippen molar-refractivity contribution < 1.29 is 4.74 Å². The van der Waals surface area contributed by atoms with Crippen LogP contribution in [-0.2, 0) is 13.0 Å². The Morgan fingerprint density at radius 2 is 1.70 bits per heavy atom. The molecule has 2 rings (SSSR count). The minimum absolute atomic E-state index is 0.0541. The van der Waals surface area contributed by atoms with Gasteiger partial charge in [-0.05, 0) is 82.8 Å². The topological polar surface area (TPSA) is 12.5 Å². The number of allylic oxidation sites excluding steroid dienone is 1. The largest absolute Gasteiger partial charge is 0.494 e. The second kappa shape index (κ2) is 12.9. The van der Waals surface area contributed by atoms with E-state index in [2.05, 4.69) is 105 Å². The standard InChI is InChI=1S/C28H37NO/c1-28(2,3)20-11-7-12-21-29(4)24-26-18-14-19-27(23-26)30-22-13-6-10-17-25-15-8-5-9-16-25/h5,7-9,12,14-16,18-19,23H,6,10,13,17,21-22,24H2,1-4H3/b12-7+. The van der Waals surface area contributed by atoms with Crippen LogP contribution < -0.4 is 4.74 Å². The molecule has 160 valence electrons. The lowest BCUT2D eigenvalue weighted by atomic mass is 9.98. The maximum atomic E-state index is 5.97. The highest BCUT2D eigenvalue weighted by molar-refractivity contribution is 5.28. The molecule has 2 aromatic carbocycles. The molecule has 0 aliphatic rings. The van der Waals surface area contributed by atoms with Gasteiger partial charge in [-0.25, -0.2) is 0 Å². The van der Waals surface area contributed by atoms with Crippen LogP contribution >= 0.6 is 0 Å². The van der Waals surface area contributed by atoms with Gasteiger partial charge in [0.1, 0.15) is 5.75 Å². The maximum absolute atomic E-state index is 5.97. The molecule has 30 heavy (non-hydrogen) atoms. The molecule has 0 fully saturated rings. The van der Waals surface area contributed by atoms with E-state index in [4.69, 9.17) is 4.74 Å². The summed E-state index contributed by atoms with van der Waals surface area (Å²) >= 11 is 0. The molecule has 0 spiro atoms. The Hall–Kier alpha value is -2.50. The van der Waals surface area contributed by atoms with Crippen LogP contribution in [0.3, 0.4) is 0 Å². The highest BCUT2D eigenvalue weighted by Crippen LogP contribution is 2.16. The van der Waals surface area contributed by atoms with Crippen LogP contribution in [0.4, 0.5) is 0 Å². The maximum Gasteiger partial charge on any atom is 0.119 e. The third-order valence-electron chi connectivity index (χ3n) is 4.64. The number of hydrogen-bond acceptors (Lipinski definition) is 2. The van der Waals surface area contributed by atoms with Gasteiger partial charge in [0.2, 0.25) is 0 Å². The van der Waals surface area contributed by atoms with Gasteiger partial charge < -0.3 is 4.74 Å². The van der Waals surface area contributed by atoms with Crippen molar-refractivity contribution in [2.24, 2.45) is 5.41 Å². The molecule has 0 saturated carbocycles. The SMILES string of the molecule is CN(C/C=C/C#CC(C)(C)C)Cc1cccc(OCCCCCc2ccccc2)c1. The van der Waals surface area contributed by atoms with Gasteiger partial charge in [-0.3, -0.25) is 4.90 Å². The summed E-state index contributed by atoms with van der Waals surface area (Å²) < 4.78 is 5.97. The lowest BCUT2D eigenvalue weighted by Gasteiger charge is -2.15. The molecule has 0 aliphatic heterocycles. The fraction of sp³-hybridized carbons (Fsp3) is 0.429. The van der Waals surface area contributed by atoms with Crippen molar-refractivity contribution in [2.75, 3.05) is 20.2 Å². The zero-order valence-corrected chi connectivity index (χ0v) is 19.2. The van der Waals surface area contributed by atoms with E-state index in [0.29, 0.717) is 0 Å². The molecule has 0 N–H and O–H groups in total. The number of unbranched alkanes of at least 4 members (excludes halogenated alkanes) is 2. The van der Waals surface area contributed by atoms with E-state index in [-0.39, 0.29) is 5.41 Å². The molecule has 0 atom stereocenters. The zero-order valence-electron chi connectivity index (χ0n) is 19.2. The lowest BCUT2D eigenvalue weighted by molar-refractivity contribution is 0.304. The van der Waals surface area contributed by atoms with Crippen molar-refractivity contribution in [2.45, 2.75) is 53.0 Å². The number of rotatable bonds is 11. The van der Waals surface area contributed by atoms with Gasteiger partial charge >= 0.3 is 0 Å². The van der Waals surface area contributed by atoms with E-state index in [1.165, 1.54) is 24.0 Å². The van der Waals surface area contributed by atoms with Crippen LogP contribution in [0.2, 0.25) is 0 Å². The molecule has 0 bridgehead atoms. The van der Waals surface area contributed by atoms with Crippen LogP contribution in [0.25, 0.3) is 0 Å². The highest BCUT2D eigenvalue weighted by Gasteiger charge is 2.03. The molecule has 0 radical (unpaired) electrons. The Balaban J connectivity index is 1.66. The minimum atomic E-state index is 0.0541. The normalized spacial score (nSPS) is 11.5. The van der Waals surface area contributed by atoms with Gasteiger partial charge in [-0.15, -0.1) is 0 Å². The lowest BCUT2D eigenvalue weighted by Crippen LogP contribution is -2.17. The first kappa shape index (κ1) is 23.8. The molecule has 0 amide bonds. The third-order valence-corrected chi connectivity index (χ3v) is 4.64. The molecule has 0 aliphatic carbocycles. The van der Waals surface area contributed by atoms with Gasteiger partial charge in [0.25, 0.3) is 0 Å². The second-order valence-electron chi connectivity index (χ2n) is 8.91. The number of benzene rings is 2. The summed E-state index contributed by atoms with van der Waals surface area (Å²) in [6.45, 7) is 8.93. The number of likely N-dealkylation sites (N-methyl/N-ethyl adjacent to an activating group) is 1. The van der Waals surface area contributed by atoms with Crippen LogP contribution in [-0.4, -0.2) is 25.1 Å². The summed E-state index contributed by atoms with van der Waals surface area (Å²) in [5.41, 5.74) is 2.75. The van der Waals surface area contributed by atoms with Crippen LogP contribution in [0.15, 0.2) is 66.7 Å². The number of aryl methyl sites for hydroxylation is 1. The van der Waals surface area contributed by atoms with Crippen molar-refractivity contribution in [3.63, 3.8) is 0 Å². The molecule has 0 heterocycles. The quantitative estimate of drug-likeness (QED) is 0.313. The molecule has 0 saturated heterocycles. The summed E-state index contributed by atoms with van der Waals surface area (Å²) in [4.78, 5) is 2.28. The van der Waals surface area contributed by atoms with Crippen molar-refractivity contribution in [3.8, 4) is 17.6 Å². The van der Waals surface area contributed by atoms with Gasteiger partial charge in [0.05, 0.1) is 6.61 Å². The van der Waals surface area contributed by atoms with E-state index in [0.717, 1.165) is 38.3 Å². The smallest absolute Gasteiger partial charge is 0.119 e. The number of nitrogens with zero attached hydrogens (tertiary/aromatic N) is 1.